The molecule has 2 aliphatic rings. The average Bonchev–Trinajstić information content (AvgIpc) is 3.45. The summed E-state index contributed by atoms with van der Waals surface area (Å²) >= 11 is 0. The molecule has 2 fully saturated rings. The van der Waals surface area contributed by atoms with Crippen LogP contribution in [0.15, 0.2) is 17.1 Å². The highest BCUT2D eigenvalue weighted by Gasteiger charge is 2.33. The van der Waals surface area contributed by atoms with Gasteiger partial charge in [0.1, 0.15) is 11.3 Å². The van der Waals surface area contributed by atoms with E-state index in [4.69, 9.17) is 9.47 Å². The number of hydrogen-bond donors (Lipinski definition) is 1. The van der Waals surface area contributed by atoms with Crippen LogP contribution in [0.4, 0.5) is 10.1 Å². The Kier molecular flexibility index (Phi) is 4.53. The van der Waals surface area contributed by atoms with Crippen LogP contribution in [0.2, 0.25) is 0 Å². The third kappa shape index (κ3) is 3.01. The average molecular weight is 390 g/mol. The van der Waals surface area contributed by atoms with Crippen molar-refractivity contribution in [2.24, 2.45) is 0 Å². The lowest BCUT2D eigenvalue weighted by Gasteiger charge is -2.37. The van der Waals surface area contributed by atoms with E-state index in [1.165, 1.54) is 13.3 Å². The maximum Gasteiger partial charge on any atom is 0.341 e. The maximum absolute atomic E-state index is 15.2. The van der Waals surface area contributed by atoms with Gasteiger partial charge in [-0.15, -0.1) is 0 Å². The van der Waals surface area contributed by atoms with E-state index in [-0.39, 0.29) is 40.6 Å². The number of carboxylic acid groups (broad SMARTS) is 1. The fourth-order valence-electron chi connectivity index (χ4n) is 4.08. The van der Waals surface area contributed by atoms with E-state index in [1.54, 1.807) is 4.57 Å². The first-order chi connectivity index (χ1) is 13.3. The van der Waals surface area contributed by atoms with Gasteiger partial charge in [0.05, 0.1) is 30.2 Å². The lowest BCUT2D eigenvalue weighted by atomic mass is 10.1. The number of aromatic carboxylic acids is 1. The monoisotopic (exact) mass is 390 g/mol. The van der Waals surface area contributed by atoms with E-state index in [1.807, 2.05) is 18.7 Å². The lowest BCUT2D eigenvalue weighted by molar-refractivity contribution is -0.00550. The molecule has 28 heavy (non-hydrogen) atoms. The van der Waals surface area contributed by atoms with Crippen molar-refractivity contribution < 1.29 is 23.8 Å². The standard InChI is InChI=1S/C20H23FN2O5/c1-10-7-22(8-11(2)28-10)17-15(21)6-13-16(19(17)27-3)23(12-4-5-12)9-14(18(13)24)20(25)26/h6,9-12H,4-5,7-8H2,1-3H3,(H,25,26). The quantitative estimate of drug-likeness (QED) is 0.865. The summed E-state index contributed by atoms with van der Waals surface area (Å²) < 4.78 is 28.3. The zero-order chi connectivity index (χ0) is 20.2. The Bertz CT molecular complexity index is 1000. The van der Waals surface area contributed by atoms with Crippen LogP contribution in [0.1, 0.15) is 43.1 Å². The van der Waals surface area contributed by atoms with Gasteiger partial charge in [0, 0.05) is 25.3 Å². The molecule has 1 aliphatic heterocycles. The van der Waals surface area contributed by atoms with Crippen LogP contribution in [0.3, 0.4) is 0 Å². The second kappa shape index (κ2) is 6.77. The van der Waals surface area contributed by atoms with Crippen molar-refractivity contribution in [1.29, 1.82) is 0 Å². The molecule has 1 aromatic carbocycles. The summed E-state index contributed by atoms with van der Waals surface area (Å²) in [5, 5.41) is 9.43. The van der Waals surface area contributed by atoms with Crippen LogP contribution < -0.4 is 15.1 Å². The zero-order valence-corrected chi connectivity index (χ0v) is 16.1. The number of nitrogens with zero attached hydrogens (tertiary/aromatic N) is 2. The van der Waals surface area contributed by atoms with Gasteiger partial charge in [0.2, 0.25) is 5.43 Å². The number of anilines is 1. The van der Waals surface area contributed by atoms with Crippen molar-refractivity contribution in [2.75, 3.05) is 25.1 Å². The van der Waals surface area contributed by atoms with Crippen LogP contribution in [-0.4, -0.2) is 48.1 Å². The SMILES string of the molecule is COc1c(N2CC(C)OC(C)C2)c(F)cc2c(=O)c(C(=O)O)cn(C3CC3)c12. The molecule has 2 aromatic rings. The van der Waals surface area contributed by atoms with E-state index in [2.05, 4.69) is 0 Å². The van der Waals surface area contributed by atoms with Crippen LogP contribution in [0.5, 0.6) is 5.75 Å². The first kappa shape index (κ1) is 18.7. The van der Waals surface area contributed by atoms with E-state index < -0.39 is 17.2 Å². The van der Waals surface area contributed by atoms with Crippen molar-refractivity contribution in [3.05, 3.63) is 33.9 Å². The van der Waals surface area contributed by atoms with Gasteiger partial charge in [0.15, 0.2) is 11.6 Å². The number of fused-ring (bicyclic) bond motifs is 1. The Morgan fingerprint density at radius 3 is 2.46 bits per heavy atom. The maximum atomic E-state index is 15.2. The molecule has 0 amide bonds. The van der Waals surface area contributed by atoms with Crippen molar-refractivity contribution in [1.82, 2.24) is 4.57 Å². The number of benzene rings is 1. The van der Waals surface area contributed by atoms with Crippen molar-refractivity contribution in [3.63, 3.8) is 0 Å². The number of rotatable bonds is 4. The van der Waals surface area contributed by atoms with Gasteiger partial charge in [-0.25, -0.2) is 9.18 Å². The Morgan fingerprint density at radius 2 is 1.93 bits per heavy atom. The Hall–Kier alpha value is -2.61. The molecule has 1 aliphatic carbocycles. The summed E-state index contributed by atoms with van der Waals surface area (Å²) in [5.41, 5.74) is -0.328. The van der Waals surface area contributed by atoms with E-state index in [0.717, 1.165) is 18.9 Å². The fourth-order valence-corrected chi connectivity index (χ4v) is 4.08. The van der Waals surface area contributed by atoms with Gasteiger partial charge < -0.3 is 24.0 Å². The number of carbonyl (C=O) groups is 1. The number of hydrogen-bond acceptors (Lipinski definition) is 5. The van der Waals surface area contributed by atoms with Gasteiger partial charge >= 0.3 is 5.97 Å². The number of ether oxygens (including phenoxy) is 2. The number of pyridine rings is 1. The first-order valence-corrected chi connectivity index (χ1v) is 9.40. The summed E-state index contributed by atoms with van der Waals surface area (Å²) in [6, 6.07) is 1.22. The third-order valence-electron chi connectivity index (χ3n) is 5.31. The van der Waals surface area contributed by atoms with E-state index >= 15 is 4.39 Å². The summed E-state index contributed by atoms with van der Waals surface area (Å²) in [6.45, 7) is 4.83. The number of carboxylic acids is 1. The highest BCUT2D eigenvalue weighted by Crippen LogP contribution is 2.44. The molecule has 2 atom stereocenters. The minimum Gasteiger partial charge on any atom is -0.492 e. The molecule has 8 heteroatoms. The Balaban J connectivity index is 2.02. The summed E-state index contributed by atoms with van der Waals surface area (Å²) in [7, 11) is 1.44. The predicted molar refractivity (Wildman–Crippen MR) is 102 cm³/mol. The Morgan fingerprint density at radius 1 is 1.29 bits per heavy atom. The second-order valence-corrected chi connectivity index (χ2v) is 7.61. The Labute approximate surface area is 161 Å². The number of methoxy groups -OCH3 is 1. The minimum atomic E-state index is -1.32. The van der Waals surface area contributed by atoms with E-state index in [9.17, 15) is 14.7 Å². The lowest BCUT2D eigenvalue weighted by Crippen LogP contribution is -2.46. The topological polar surface area (TPSA) is 81.0 Å². The van der Waals surface area contributed by atoms with E-state index in [0.29, 0.717) is 18.6 Å². The molecule has 7 nitrogen and oxygen atoms in total. The van der Waals surface area contributed by atoms with Gasteiger partial charge in [-0.05, 0) is 32.8 Å². The molecule has 1 N–H and O–H groups in total. The van der Waals surface area contributed by atoms with Crippen LogP contribution in [-0.2, 0) is 4.74 Å². The van der Waals surface area contributed by atoms with Gasteiger partial charge in [-0.1, -0.05) is 0 Å². The van der Waals surface area contributed by atoms with Crippen LogP contribution >= 0.6 is 0 Å². The summed E-state index contributed by atoms with van der Waals surface area (Å²) in [4.78, 5) is 26.1. The highest BCUT2D eigenvalue weighted by molar-refractivity contribution is 5.97. The smallest absolute Gasteiger partial charge is 0.341 e. The van der Waals surface area contributed by atoms with Crippen molar-refractivity contribution in [2.45, 2.75) is 44.9 Å². The zero-order valence-electron chi connectivity index (χ0n) is 16.1. The summed E-state index contributed by atoms with van der Waals surface area (Å²) in [6.07, 6.45) is 2.95. The predicted octanol–water partition coefficient (Wildman–Crippen LogP) is 2.80. The molecule has 2 unspecified atom stereocenters. The van der Waals surface area contributed by atoms with Crippen molar-refractivity contribution in [3.8, 4) is 5.75 Å². The van der Waals surface area contributed by atoms with Crippen LogP contribution in [0, 0.1) is 5.82 Å². The fraction of sp³-hybridized carbons (Fsp3) is 0.500. The highest BCUT2D eigenvalue weighted by atomic mass is 19.1. The molecule has 0 spiro atoms. The van der Waals surface area contributed by atoms with Gasteiger partial charge in [0.25, 0.3) is 0 Å². The van der Waals surface area contributed by atoms with Crippen LogP contribution in [0.25, 0.3) is 10.9 Å². The largest absolute Gasteiger partial charge is 0.492 e. The molecule has 1 saturated heterocycles. The number of halogens is 1. The number of morpholine rings is 1. The minimum absolute atomic E-state index is 0.0271. The molecular weight excluding hydrogens is 367 g/mol. The second-order valence-electron chi connectivity index (χ2n) is 7.61. The molecule has 1 saturated carbocycles. The third-order valence-corrected chi connectivity index (χ3v) is 5.31. The molecule has 1 aromatic heterocycles. The summed E-state index contributed by atoms with van der Waals surface area (Å²) in [5.74, 6) is -1.66. The molecular formula is C20H23FN2O5. The van der Waals surface area contributed by atoms with Gasteiger partial charge in [-0.2, -0.15) is 0 Å². The van der Waals surface area contributed by atoms with Gasteiger partial charge in [-0.3, -0.25) is 4.79 Å². The molecule has 4 rings (SSSR count). The van der Waals surface area contributed by atoms with Crippen molar-refractivity contribution >= 4 is 22.6 Å². The number of aromatic nitrogens is 1. The molecule has 150 valence electrons. The molecule has 0 radical (unpaired) electrons. The molecule has 2 heterocycles. The normalized spacial score (nSPS) is 22.5. The molecule has 0 bridgehead atoms. The first-order valence-electron chi connectivity index (χ1n) is 9.40.